The molecule has 2 fully saturated rings. The van der Waals surface area contributed by atoms with Crippen LogP contribution >= 0.6 is 0 Å². The van der Waals surface area contributed by atoms with E-state index in [1.54, 1.807) is 0 Å². The van der Waals surface area contributed by atoms with E-state index in [4.69, 9.17) is 0 Å². The second-order valence-electron chi connectivity index (χ2n) is 7.92. The summed E-state index contributed by atoms with van der Waals surface area (Å²) in [6.07, 6.45) is 1.49. The van der Waals surface area contributed by atoms with Crippen LogP contribution in [-0.4, -0.2) is 54.3 Å². The molecule has 2 aliphatic rings. The van der Waals surface area contributed by atoms with Gasteiger partial charge >= 0.3 is 6.18 Å². The molecular formula is C21H28F3N3O2. The maximum absolute atomic E-state index is 12.8. The minimum Gasteiger partial charge on any atom is -0.342 e. The monoisotopic (exact) mass is 411 g/mol. The van der Waals surface area contributed by atoms with Crippen molar-refractivity contribution >= 4 is 17.5 Å². The largest absolute Gasteiger partial charge is 0.416 e. The van der Waals surface area contributed by atoms with Gasteiger partial charge in [0.05, 0.1) is 12.1 Å². The summed E-state index contributed by atoms with van der Waals surface area (Å²) in [6, 6.07) is 4.63. The molecule has 29 heavy (non-hydrogen) atoms. The maximum atomic E-state index is 12.8. The van der Waals surface area contributed by atoms with Crippen molar-refractivity contribution in [1.82, 2.24) is 9.80 Å². The molecule has 0 unspecified atom stereocenters. The van der Waals surface area contributed by atoms with Gasteiger partial charge in [0, 0.05) is 24.7 Å². The van der Waals surface area contributed by atoms with Crippen molar-refractivity contribution in [1.29, 1.82) is 0 Å². The number of alkyl halides is 3. The standard InChI is InChI=1S/C21H28F3N3O2/c22-21(23,24)17-6-5-7-18(14-17)25-19(28)15-26-12-8-16(9-13-26)20(29)27-10-3-1-2-4-11-27/h5-7,14,16H,1-4,8-13,15H2,(H,25,28). The van der Waals surface area contributed by atoms with E-state index in [0.29, 0.717) is 25.9 Å². The molecule has 0 aromatic heterocycles. The van der Waals surface area contributed by atoms with Gasteiger partial charge in [-0.1, -0.05) is 18.9 Å². The summed E-state index contributed by atoms with van der Waals surface area (Å²) in [7, 11) is 0. The Hall–Kier alpha value is -2.09. The second kappa shape index (κ2) is 9.61. The molecule has 8 heteroatoms. The number of hydrogen-bond donors (Lipinski definition) is 1. The first kappa shape index (κ1) is 21.6. The Labute approximate surface area is 169 Å². The van der Waals surface area contributed by atoms with Crippen molar-refractivity contribution in [2.45, 2.75) is 44.7 Å². The lowest BCUT2D eigenvalue weighted by atomic mass is 9.95. The fraction of sp³-hybridized carbons (Fsp3) is 0.619. The first-order chi connectivity index (χ1) is 13.8. The van der Waals surface area contributed by atoms with Gasteiger partial charge in [-0.25, -0.2) is 0 Å². The van der Waals surface area contributed by atoms with Gasteiger partial charge < -0.3 is 10.2 Å². The number of carbonyl (C=O) groups is 2. The average molecular weight is 411 g/mol. The number of piperidine rings is 1. The van der Waals surface area contributed by atoms with Crippen molar-refractivity contribution in [2.24, 2.45) is 5.92 Å². The molecule has 0 spiro atoms. The normalized spacial score (nSPS) is 19.6. The Balaban J connectivity index is 1.45. The number of rotatable bonds is 4. The quantitative estimate of drug-likeness (QED) is 0.821. The molecule has 1 N–H and O–H groups in total. The number of nitrogens with one attached hydrogen (secondary N) is 1. The number of halogens is 3. The summed E-state index contributed by atoms with van der Waals surface area (Å²) in [5, 5.41) is 2.54. The number of carbonyl (C=O) groups excluding carboxylic acids is 2. The van der Waals surface area contributed by atoms with Crippen LogP contribution in [0.3, 0.4) is 0 Å². The van der Waals surface area contributed by atoms with Crippen molar-refractivity contribution < 1.29 is 22.8 Å². The minimum atomic E-state index is -4.44. The summed E-state index contributed by atoms with van der Waals surface area (Å²) in [4.78, 5) is 28.9. The van der Waals surface area contributed by atoms with Gasteiger partial charge in [0.1, 0.15) is 0 Å². The summed E-state index contributed by atoms with van der Waals surface area (Å²) in [5.41, 5.74) is -0.654. The first-order valence-electron chi connectivity index (χ1n) is 10.3. The molecule has 2 saturated heterocycles. The van der Waals surface area contributed by atoms with Crippen molar-refractivity contribution in [3.63, 3.8) is 0 Å². The van der Waals surface area contributed by atoms with Gasteiger partial charge in [0.2, 0.25) is 11.8 Å². The third kappa shape index (κ3) is 6.19. The lowest BCUT2D eigenvalue weighted by Crippen LogP contribution is -2.44. The molecule has 1 aromatic carbocycles. The molecule has 0 atom stereocenters. The van der Waals surface area contributed by atoms with Crippen LogP contribution in [0.5, 0.6) is 0 Å². The van der Waals surface area contributed by atoms with Gasteiger partial charge in [-0.15, -0.1) is 0 Å². The minimum absolute atomic E-state index is 0.0101. The Kier molecular flexibility index (Phi) is 7.16. The molecule has 2 aliphatic heterocycles. The van der Waals surface area contributed by atoms with E-state index in [-0.39, 0.29) is 30.0 Å². The van der Waals surface area contributed by atoms with Gasteiger partial charge in [0.25, 0.3) is 0 Å². The highest BCUT2D eigenvalue weighted by Crippen LogP contribution is 2.30. The summed E-state index contributed by atoms with van der Waals surface area (Å²) < 4.78 is 38.4. The predicted octanol–water partition coefficient (Wildman–Crippen LogP) is 3.76. The van der Waals surface area contributed by atoms with Crippen molar-refractivity contribution in [3.05, 3.63) is 29.8 Å². The molecule has 0 radical (unpaired) electrons. The molecule has 3 rings (SSSR count). The topological polar surface area (TPSA) is 52.7 Å². The smallest absolute Gasteiger partial charge is 0.342 e. The molecule has 1 aromatic rings. The highest BCUT2D eigenvalue weighted by atomic mass is 19.4. The van der Waals surface area contributed by atoms with E-state index in [9.17, 15) is 22.8 Å². The zero-order valence-electron chi connectivity index (χ0n) is 16.5. The molecule has 5 nitrogen and oxygen atoms in total. The maximum Gasteiger partial charge on any atom is 0.416 e. The summed E-state index contributed by atoms with van der Waals surface area (Å²) in [5.74, 6) is -0.0996. The third-order valence-corrected chi connectivity index (χ3v) is 5.70. The molecule has 0 bridgehead atoms. The van der Waals surface area contributed by atoms with Gasteiger partial charge in [0.15, 0.2) is 0 Å². The third-order valence-electron chi connectivity index (χ3n) is 5.70. The fourth-order valence-corrected chi connectivity index (χ4v) is 4.06. The van der Waals surface area contributed by atoms with Crippen LogP contribution < -0.4 is 5.32 Å². The zero-order valence-corrected chi connectivity index (χ0v) is 16.5. The fourth-order valence-electron chi connectivity index (χ4n) is 4.06. The van der Waals surface area contributed by atoms with Crippen molar-refractivity contribution in [3.8, 4) is 0 Å². The Morgan fingerprint density at radius 2 is 1.66 bits per heavy atom. The van der Waals surface area contributed by atoms with E-state index in [1.807, 2.05) is 9.80 Å². The molecule has 0 aliphatic carbocycles. The van der Waals surface area contributed by atoms with Gasteiger partial charge in [-0.2, -0.15) is 13.2 Å². The number of nitrogens with zero attached hydrogens (tertiary/aromatic N) is 2. The number of amides is 2. The van der Waals surface area contributed by atoms with Crippen LogP contribution in [-0.2, 0) is 15.8 Å². The summed E-state index contributed by atoms with van der Waals surface area (Å²) >= 11 is 0. The van der Waals surface area contributed by atoms with E-state index < -0.39 is 11.7 Å². The lowest BCUT2D eigenvalue weighted by molar-refractivity contribution is -0.138. The zero-order chi connectivity index (χ0) is 20.9. The molecule has 2 heterocycles. The number of likely N-dealkylation sites (tertiary alicyclic amines) is 2. The van der Waals surface area contributed by atoms with Crippen molar-refractivity contribution in [2.75, 3.05) is 38.0 Å². The number of anilines is 1. The van der Waals surface area contributed by atoms with Crippen LogP contribution in [0.25, 0.3) is 0 Å². The van der Waals surface area contributed by atoms with Crippen LogP contribution in [0.2, 0.25) is 0 Å². The van der Waals surface area contributed by atoms with E-state index in [2.05, 4.69) is 5.32 Å². The Morgan fingerprint density at radius 1 is 1.00 bits per heavy atom. The summed E-state index contributed by atoms with van der Waals surface area (Å²) in [6.45, 7) is 3.08. The SMILES string of the molecule is O=C(CN1CCC(C(=O)N2CCCCCC2)CC1)Nc1cccc(C(F)(F)F)c1. The highest BCUT2D eigenvalue weighted by Gasteiger charge is 2.31. The Morgan fingerprint density at radius 3 is 2.28 bits per heavy atom. The molecule has 2 amide bonds. The van der Waals surface area contributed by atoms with E-state index in [0.717, 1.165) is 38.1 Å². The average Bonchev–Trinajstić information content (AvgIpc) is 2.97. The molecule has 160 valence electrons. The van der Waals surface area contributed by atoms with Crippen LogP contribution in [0.4, 0.5) is 18.9 Å². The van der Waals surface area contributed by atoms with Gasteiger partial charge in [-0.05, 0) is 57.0 Å². The molecular weight excluding hydrogens is 383 g/mol. The van der Waals surface area contributed by atoms with E-state index >= 15 is 0 Å². The Bertz CT molecular complexity index is 707. The first-order valence-corrected chi connectivity index (χ1v) is 10.3. The van der Waals surface area contributed by atoms with Crippen LogP contribution in [0.15, 0.2) is 24.3 Å². The van der Waals surface area contributed by atoms with Gasteiger partial charge in [-0.3, -0.25) is 14.5 Å². The number of hydrogen-bond acceptors (Lipinski definition) is 3. The lowest BCUT2D eigenvalue weighted by Gasteiger charge is -2.33. The second-order valence-corrected chi connectivity index (χ2v) is 7.92. The van der Waals surface area contributed by atoms with E-state index in [1.165, 1.54) is 25.0 Å². The number of benzene rings is 1. The predicted molar refractivity (Wildman–Crippen MR) is 104 cm³/mol. The highest BCUT2D eigenvalue weighted by molar-refractivity contribution is 5.92. The van der Waals surface area contributed by atoms with Crippen LogP contribution in [0, 0.1) is 5.92 Å². The van der Waals surface area contributed by atoms with Crippen LogP contribution in [0.1, 0.15) is 44.1 Å². The molecule has 0 saturated carbocycles.